The first-order valence-corrected chi connectivity index (χ1v) is 28.3. The average molecular weight is 1030 g/mol. The highest BCUT2D eigenvalue weighted by molar-refractivity contribution is 5.82. The van der Waals surface area contributed by atoms with E-state index < -0.39 is 49.3 Å². The fourth-order valence-corrected chi connectivity index (χ4v) is 8.61. The molecule has 1 unspecified atom stereocenters. The molecule has 0 aliphatic heterocycles. The van der Waals surface area contributed by atoms with Crippen LogP contribution in [0.2, 0.25) is 0 Å². The van der Waals surface area contributed by atoms with Crippen LogP contribution in [-0.2, 0) is 43.7 Å². The largest absolute Gasteiger partial charge is 0.461 e. The van der Waals surface area contributed by atoms with E-state index in [0.29, 0.717) is 19.3 Å². The lowest BCUT2D eigenvalue weighted by Crippen LogP contribution is -2.47. The SMILES string of the molecule is CCCCC/C=C\C/C=C\CCCCCCCC(=O)NCC(=O)OCC(COC(=O)CNC(c1ccccc1)(c1ccccc1)c1ccccc1)OC(=O)CNC(=O)CCCCCCC/C=C\C/C=C\CCCCC. The maximum Gasteiger partial charge on any atom is 0.325 e. The Hall–Kier alpha value is -6.07. The van der Waals surface area contributed by atoms with Crippen LogP contribution in [-0.4, -0.2) is 68.7 Å². The van der Waals surface area contributed by atoms with E-state index in [1.807, 2.05) is 91.0 Å². The molecule has 0 saturated heterocycles. The molecule has 1 atom stereocenters. The van der Waals surface area contributed by atoms with Gasteiger partial charge in [0, 0.05) is 12.8 Å². The van der Waals surface area contributed by atoms with E-state index >= 15 is 0 Å². The zero-order valence-corrected chi connectivity index (χ0v) is 45.6. The number of carbonyl (C=O) groups excluding carboxylic acids is 5. The molecular formula is C64H91N3O8. The Kier molecular flexibility index (Phi) is 35.6. The number of amides is 2. The van der Waals surface area contributed by atoms with Gasteiger partial charge in [0.2, 0.25) is 11.8 Å². The third-order valence-electron chi connectivity index (χ3n) is 12.8. The first-order chi connectivity index (χ1) is 36.8. The summed E-state index contributed by atoms with van der Waals surface area (Å²) in [5.41, 5.74) is 1.79. The van der Waals surface area contributed by atoms with Crippen molar-refractivity contribution in [3.05, 3.63) is 156 Å². The summed E-state index contributed by atoms with van der Waals surface area (Å²) in [7, 11) is 0. The molecule has 3 rings (SSSR count). The molecule has 0 fully saturated rings. The van der Waals surface area contributed by atoms with E-state index in [1.54, 1.807) is 0 Å². The van der Waals surface area contributed by atoms with Crippen molar-refractivity contribution in [1.82, 2.24) is 16.0 Å². The summed E-state index contributed by atoms with van der Waals surface area (Å²) in [6.45, 7) is 2.58. The topological polar surface area (TPSA) is 149 Å². The van der Waals surface area contributed by atoms with Crippen LogP contribution in [0.1, 0.15) is 185 Å². The maximum absolute atomic E-state index is 13.6. The molecule has 3 aromatic carbocycles. The molecule has 0 bridgehead atoms. The molecule has 0 radical (unpaired) electrons. The van der Waals surface area contributed by atoms with Gasteiger partial charge in [-0.05, 0) is 93.7 Å². The lowest BCUT2D eigenvalue weighted by molar-refractivity contribution is -0.165. The van der Waals surface area contributed by atoms with Gasteiger partial charge in [0.1, 0.15) is 26.3 Å². The molecule has 0 saturated carbocycles. The number of nitrogens with one attached hydrogen (secondary N) is 3. The smallest absolute Gasteiger partial charge is 0.325 e. The minimum absolute atomic E-state index is 0.232. The van der Waals surface area contributed by atoms with Crippen molar-refractivity contribution in [2.75, 3.05) is 32.8 Å². The monoisotopic (exact) mass is 1030 g/mol. The minimum Gasteiger partial charge on any atom is -0.461 e. The van der Waals surface area contributed by atoms with Crippen LogP contribution >= 0.6 is 0 Å². The summed E-state index contributed by atoms with van der Waals surface area (Å²) in [5, 5.41) is 8.73. The van der Waals surface area contributed by atoms with Crippen LogP contribution in [0, 0.1) is 0 Å². The molecule has 75 heavy (non-hydrogen) atoms. The summed E-state index contributed by atoms with van der Waals surface area (Å²) < 4.78 is 16.7. The van der Waals surface area contributed by atoms with Crippen molar-refractivity contribution < 1.29 is 38.2 Å². The van der Waals surface area contributed by atoms with Crippen molar-refractivity contribution in [2.45, 2.75) is 180 Å². The van der Waals surface area contributed by atoms with Crippen LogP contribution < -0.4 is 16.0 Å². The van der Waals surface area contributed by atoms with E-state index in [1.165, 1.54) is 38.5 Å². The predicted molar refractivity (Wildman–Crippen MR) is 304 cm³/mol. The quantitative estimate of drug-likeness (QED) is 0.0166. The van der Waals surface area contributed by atoms with Gasteiger partial charge in [-0.2, -0.15) is 0 Å². The number of unbranched alkanes of at least 4 members (excludes halogenated alkanes) is 16. The Balaban J connectivity index is 1.47. The number of rotatable bonds is 43. The molecule has 0 heterocycles. The second kappa shape index (κ2) is 42.2. The van der Waals surface area contributed by atoms with Gasteiger partial charge < -0.3 is 24.8 Å². The van der Waals surface area contributed by atoms with Crippen LogP contribution in [0.3, 0.4) is 0 Å². The first-order valence-electron chi connectivity index (χ1n) is 28.3. The molecule has 0 aliphatic rings. The molecule has 11 nitrogen and oxygen atoms in total. The second-order valence-electron chi connectivity index (χ2n) is 19.2. The van der Waals surface area contributed by atoms with Crippen LogP contribution in [0.5, 0.6) is 0 Å². The average Bonchev–Trinajstić information content (AvgIpc) is 3.43. The van der Waals surface area contributed by atoms with Crippen LogP contribution in [0.4, 0.5) is 0 Å². The minimum atomic E-state index is -1.19. The molecule has 0 aliphatic carbocycles. The number of ether oxygens (including phenoxy) is 3. The van der Waals surface area contributed by atoms with Gasteiger partial charge in [-0.15, -0.1) is 0 Å². The van der Waals surface area contributed by atoms with Gasteiger partial charge in [-0.1, -0.05) is 218 Å². The van der Waals surface area contributed by atoms with Crippen LogP contribution in [0.25, 0.3) is 0 Å². The van der Waals surface area contributed by atoms with Crippen molar-refractivity contribution in [2.24, 2.45) is 0 Å². The first kappa shape index (κ1) is 63.2. The summed E-state index contributed by atoms with van der Waals surface area (Å²) in [6.07, 6.45) is 41.1. The fraction of sp³-hybridized carbons (Fsp3) is 0.516. The standard InChI is InChI=1S/C64H91N3O8/c1-3-5-7-9-11-13-15-17-19-21-23-25-27-29-40-48-59(68)65-50-61(70)73-53-58(75-63(72)51-66-60(69)49-41-30-28-26-24-22-20-18-16-14-12-10-8-6-4-2)54-74-62(71)52-67-64(55-42-34-31-35-43-55,56-44-36-32-37-45-56)57-46-38-33-39-47-57/h11-14,17-20,31-39,42-47,58,67H,3-10,15-16,21-30,40-41,48-54H2,1-2H3,(H,65,68)(H,66,69)/b13-11-,14-12-,19-17-,20-18-. The number of esters is 3. The molecule has 3 aromatic rings. The summed E-state index contributed by atoms with van der Waals surface area (Å²) >= 11 is 0. The lowest BCUT2D eigenvalue weighted by atomic mass is 9.77. The van der Waals surface area contributed by atoms with Crippen LogP contribution in [0.15, 0.2) is 140 Å². The third-order valence-corrected chi connectivity index (χ3v) is 12.8. The summed E-state index contributed by atoms with van der Waals surface area (Å²) in [4.78, 5) is 64.7. The van der Waals surface area contributed by atoms with Gasteiger partial charge in [-0.25, -0.2) is 0 Å². The molecule has 0 aromatic heterocycles. The zero-order chi connectivity index (χ0) is 53.7. The predicted octanol–water partition coefficient (Wildman–Crippen LogP) is 13.4. The molecule has 410 valence electrons. The normalized spacial score (nSPS) is 12.1. The maximum atomic E-state index is 13.6. The molecule has 2 amide bonds. The van der Waals surface area contributed by atoms with E-state index in [9.17, 15) is 24.0 Å². The number of benzene rings is 3. The lowest BCUT2D eigenvalue weighted by Gasteiger charge is -2.37. The number of hydrogen-bond acceptors (Lipinski definition) is 9. The Morgan fingerprint density at radius 2 is 0.773 bits per heavy atom. The highest BCUT2D eigenvalue weighted by Crippen LogP contribution is 2.36. The van der Waals surface area contributed by atoms with E-state index in [4.69, 9.17) is 14.2 Å². The van der Waals surface area contributed by atoms with Gasteiger partial charge in [-0.3, -0.25) is 29.3 Å². The number of carbonyl (C=O) groups is 5. The molecular weight excluding hydrogens is 939 g/mol. The second-order valence-corrected chi connectivity index (χ2v) is 19.2. The highest BCUT2D eigenvalue weighted by Gasteiger charge is 2.36. The Labute approximate surface area is 450 Å². The summed E-state index contributed by atoms with van der Waals surface area (Å²) in [6, 6.07) is 29.5. The fourth-order valence-electron chi connectivity index (χ4n) is 8.61. The van der Waals surface area contributed by atoms with E-state index in [0.717, 1.165) is 107 Å². The Morgan fingerprint density at radius 1 is 0.427 bits per heavy atom. The molecule has 0 spiro atoms. The van der Waals surface area contributed by atoms with Gasteiger partial charge in [0.25, 0.3) is 0 Å². The zero-order valence-electron chi connectivity index (χ0n) is 45.6. The Morgan fingerprint density at radius 3 is 1.17 bits per heavy atom. The van der Waals surface area contributed by atoms with Crippen molar-refractivity contribution in [1.29, 1.82) is 0 Å². The van der Waals surface area contributed by atoms with E-state index in [-0.39, 0.29) is 31.3 Å². The van der Waals surface area contributed by atoms with Crippen molar-refractivity contribution >= 4 is 29.7 Å². The third kappa shape index (κ3) is 29.6. The van der Waals surface area contributed by atoms with E-state index in [2.05, 4.69) is 78.4 Å². The molecule has 11 heteroatoms. The van der Waals surface area contributed by atoms with Gasteiger partial charge in [0.05, 0.1) is 12.1 Å². The highest BCUT2D eigenvalue weighted by atomic mass is 16.6. The van der Waals surface area contributed by atoms with Crippen molar-refractivity contribution in [3.8, 4) is 0 Å². The van der Waals surface area contributed by atoms with Gasteiger partial charge >= 0.3 is 17.9 Å². The molecule has 3 N–H and O–H groups in total. The van der Waals surface area contributed by atoms with Crippen molar-refractivity contribution in [3.63, 3.8) is 0 Å². The number of hydrogen-bond donors (Lipinski definition) is 3. The van der Waals surface area contributed by atoms with Gasteiger partial charge in [0.15, 0.2) is 6.10 Å². The summed E-state index contributed by atoms with van der Waals surface area (Å²) in [5.74, 6) is -2.68. The Bertz CT molecular complexity index is 2010. The number of allylic oxidation sites excluding steroid dienone is 8.